The third-order valence-corrected chi connectivity index (χ3v) is 6.67. The molecular formula is C22H22Br2Cl2N2O4. The first-order valence-electron chi connectivity index (χ1n) is 10.1. The maximum absolute atomic E-state index is 12.4. The Morgan fingerprint density at radius 1 is 0.812 bits per heavy atom. The molecule has 1 fully saturated rings. The number of carbonyl (C=O) groups excluding carboxylic acids is 2. The molecule has 1 aliphatic rings. The Labute approximate surface area is 213 Å². The van der Waals surface area contributed by atoms with Gasteiger partial charge < -0.3 is 20.1 Å². The van der Waals surface area contributed by atoms with Crippen molar-refractivity contribution in [3.8, 4) is 11.5 Å². The lowest BCUT2D eigenvalue weighted by molar-refractivity contribution is -0.127. The Hall–Kier alpha value is -1.48. The normalized spacial score (nSPS) is 18.0. The van der Waals surface area contributed by atoms with E-state index >= 15 is 0 Å². The van der Waals surface area contributed by atoms with E-state index in [1.807, 2.05) is 0 Å². The molecule has 2 N–H and O–H groups in total. The maximum atomic E-state index is 12.4. The molecule has 0 aromatic heterocycles. The van der Waals surface area contributed by atoms with Gasteiger partial charge in [0.1, 0.15) is 11.5 Å². The van der Waals surface area contributed by atoms with Crippen molar-refractivity contribution in [3.05, 3.63) is 55.4 Å². The first-order valence-corrected chi connectivity index (χ1v) is 12.4. The molecule has 0 aliphatic heterocycles. The molecule has 2 amide bonds. The molecule has 32 heavy (non-hydrogen) atoms. The van der Waals surface area contributed by atoms with Crippen LogP contribution in [0.3, 0.4) is 0 Å². The Balaban J connectivity index is 1.48. The molecule has 0 heterocycles. The van der Waals surface area contributed by atoms with Crippen LogP contribution in [0, 0.1) is 0 Å². The summed E-state index contributed by atoms with van der Waals surface area (Å²) in [4.78, 5) is 24.9. The van der Waals surface area contributed by atoms with Crippen LogP contribution < -0.4 is 20.1 Å². The largest absolute Gasteiger partial charge is 0.483 e. The van der Waals surface area contributed by atoms with Crippen LogP contribution in [0.15, 0.2) is 45.3 Å². The summed E-state index contributed by atoms with van der Waals surface area (Å²) >= 11 is 18.6. The van der Waals surface area contributed by atoms with Crippen molar-refractivity contribution in [1.29, 1.82) is 0 Å². The summed E-state index contributed by atoms with van der Waals surface area (Å²) in [7, 11) is 0. The monoisotopic (exact) mass is 606 g/mol. The van der Waals surface area contributed by atoms with Crippen molar-refractivity contribution in [2.45, 2.75) is 37.8 Å². The first-order chi connectivity index (χ1) is 15.3. The van der Waals surface area contributed by atoms with Crippen molar-refractivity contribution in [1.82, 2.24) is 10.6 Å². The lowest BCUT2D eigenvalue weighted by Gasteiger charge is -2.32. The molecule has 0 radical (unpaired) electrons. The molecule has 6 nitrogen and oxygen atoms in total. The average molecular weight is 609 g/mol. The minimum atomic E-state index is -0.251. The van der Waals surface area contributed by atoms with E-state index in [4.69, 9.17) is 32.7 Å². The molecule has 1 aliphatic carbocycles. The Bertz CT molecular complexity index is 899. The van der Waals surface area contributed by atoms with Gasteiger partial charge in [-0.2, -0.15) is 0 Å². The topological polar surface area (TPSA) is 76.7 Å². The SMILES string of the molecule is O=C(COc1ccc(Cl)cc1Br)NC1CCCCC1NC(=O)COc1ccc(Cl)cc1Br. The number of rotatable bonds is 8. The summed E-state index contributed by atoms with van der Waals surface area (Å²) in [5, 5.41) is 7.11. The van der Waals surface area contributed by atoms with Crippen LogP contribution in [0.25, 0.3) is 0 Å². The third kappa shape index (κ3) is 7.54. The average Bonchev–Trinajstić information content (AvgIpc) is 2.74. The summed E-state index contributed by atoms with van der Waals surface area (Å²) in [6, 6.07) is 9.84. The predicted octanol–water partition coefficient (Wildman–Crippen LogP) is 5.52. The molecule has 10 heteroatoms. The van der Waals surface area contributed by atoms with Gasteiger partial charge in [0.05, 0.1) is 8.95 Å². The molecule has 0 saturated heterocycles. The minimum Gasteiger partial charge on any atom is -0.483 e. The smallest absolute Gasteiger partial charge is 0.258 e. The van der Waals surface area contributed by atoms with Gasteiger partial charge in [-0.15, -0.1) is 0 Å². The van der Waals surface area contributed by atoms with Crippen molar-refractivity contribution >= 4 is 66.9 Å². The van der Waals surface area contributed by atoms with E-state index in [-0.39, 0.29) is 37.1 Å². The molecule has 2 unspecified atom stereocenters. The van der Waals surface area contributed by atoms with Gasteiger partial charge >= 0.3 is 0 Å². The van der Waals surface area contributed by atoms with Crippen LogP contribution in [0.4, 0.5) is 0 Å². The quantitative estimate of drug-likeness (QED) is 0.414. The van der Waals surface area contributed by atoms with Crippen molar-refractivity contribution in [3.63, 3.8) is 0 Å². The standard InChI is InChI=1S/C22H22Br2Cl2N2O4/c23-15-9-13(25)5-7-19(15)31-11-21(29)27-17-3-1-2-4-18(17)28-22(30)12-32-20-8-6-14(26)10-16(20)24/h5-10,17-18H,1-4,11-12H2,(H,27,29)(H,28,30). The molecule has 2 atom stereocenters. The third-order valence-electron chi connectivity index (χ3n) is 4.96. The van der Waals surface area contributed by atoms with E-state index in [0.29, 0.717) is 30.5 Å². The molecule has 0 spiro atoms. The molecule has 3 rings (SSSR count). The Morgan fingerprint density at radius 2 is 1.22 bits per heavy atom. The molecule has 0 bridgehead atoms. The number of halogens is 4. The van der Waals surface area contributed by atoms with Gasteiger partial charge in [0.25, 0.3) is 11.8 Å². The van der Waals surface area contributed by atoms with E-state index in [0.717, 1.165) is 25.7 Å². The van der Waals surface area contributed by atoms with Crippen molar-refractivity contribution < 1.29 is 19.1 Å². The molecule has 2 aromatic carbocycles. The van der Waals surface area contributed by atoms with E-state index in [1.54, 1.807) is 36.4 Å². The van der Waals surface area contributed by atoms with Gasteiger partial charge in [0.15, 0.2) is 13.2 Å². The Kier molecular flexibility index (Phi) is 9.52. The number of nitrogens with one attached hydrogen (secondary N) is 2. The summed E-state index contributed by atoms with van der Waals surface area (Å²) in [5.41, 5.74) is 0. The predicted molar refractivity (Wildman–Crippen MR) is 132 cm³/mol. The molecular weight excluding hydrogens is 587 g/mol. The van der Waals surface area contributed by atoms with Gasteiger partial charge in [-0.05, 0) is 81.1 Å². The number of ether oxygens (including phenoxy) is 2. The fraction of sp³-hybridized carbons (Fsp3) is 0.364. The fourth-order valence-corrected chi connectivity index (χ4v) is 5.04. The van der Waals surface area contributed by atoms with Gasteiger partial charge in [-0.3, -0.25) is 9.59 Å². The molecule has 2 aromatic rings. The number of amides is 2. The van der Waals surface area contributed by atoms with Gasteiger partial charge in [0, 0.05) is 22.1 Å². The zero-order valence-electron chi connectivity index (χ0n) is 17.0. The first kappa shape index (κ1) is 25.1. The number of benzene rings is 2. The Morgan fingerprint density at radius 3 is 1.59 bits per heavy atom. The van der Waals surface area contributed by atoms with Crippen molar-refractivity contribution in [2.75, 3.05) is 13.2 Å². The van der Waals surface area contributed by atoms with Crippen LogP contribution >= 0.6 is 55.1 Å². The van der Waals surface area contributed by atoms with E-state index in [2.05, 4.69) is 42.5 Å². The van der Waals surface area contributed by atoms with Crippen LogP contribution in [-0.4, -0.2) is 37.1 Å². The lowest BCUT2D eigenvalue weighted by Crippen LogP contribution is -2.54. The number of hydrogen-bond donors (Lipinski definition) is 2. The van der Waals surface area contributed by atoms with Crippen molar-refractivity contribution in [2.24, 2.45) is 0 Å². The van der Waals surface area contributed by atoms with Gasteiger partial charge in [-0.1, -0.05) is 36.0 Å². The number of carbonyl (C=O) groups is 2. The highest BCUT2D eigenvalue weighted by Gasteiger charge is 2.28. The summed E-state index contributed by atoms with van der Waals surface area (Å²) in [6.45, 7) is -0.268. The van der Waals surface area contributed by atoms with Crippen LogP contribution in [0.5, 0.6) is 11.5 Å². The second-order valence-electron chi connectivity index (χ2n) is 7.36. The van der Waals surface area contributed by atoms with Gasteiger partial charge in [-0.25, -0.2) is 0 Å². The molecule has 1 saturated carbocycles. The van der Waals surface area contributed by atoms with Gasteiger partial charge in [0.2, 0.25) is 0 Å². The number of hydrogen-bond acceptors (Lipinski definition) is 4. The zero-order valence-corrected chi connectivity index (χ0v) is 21.7. The second-order valence-corrected chi connectivity index (χ2v) is 9.94. The highest BCUT2D eigenvalue weighted by molar-refractivity contribution is 9.10. The summed E-state index contributed by atoms with van der Waals surface area (Å²) in [5.74, 6) is 0.561. The van der Waals surface area contributed by atoms with E-state index in [1.165, 1.54) is 0 Å². The zero-order chi connectivity index (χ0) is 23.1. The fourth-order valence-electron chi connectivity index (χ4n) is 3.44. The summed E-state index contributed by atoms with van der Waals surface area (Å²) < 4.78 is 12.5. The lowest BCUT2D eigenvalue weighted by atomic mass is 9.90. The highest BCUT2D eigenvalue weighted by Crippen LogP contribution is 2.29. The van der Waals surface area contributed by atoms with Crippen LogP contribution in [-0.2, 0) is 9.59 Å². The maximum Gasteiger partial charge on any atom is 0.258 e. The van der Waals surface area contributed by atoms with E-state index in [9.17, 15) is 9.59 Å². The second kappa shape index (κ2) is 12.1. The minimum absolute atomic E-state index is 0.134. The van der Waals surface area contributed by atoms with Crippen LogP contribution in [0.2, 0.25) is 10.0 Å². The highest BCUT2D eigenvalue weighted by atomic mass is 79.9. The summed E-state index contributed by atoms with van der Waals surface area (Å²) in [6.07, 6.45) is 3.53. The van der Waals surface area contributed by atoms with E-state index < -0.39 is 0 Å². The molecule has 172 valence electrons. The van der Waals surface area contributed by atoms with Crippen LogP contribution in [0.1, 0.15) is 25.7 Å².